The van der Waals surface area contributed by atoms with Gasteiger partial charge in [0.1, 0.15) is 0 Å². The minimum absolute atomic E-state index is 0.858. The van der Waals surface area contributed by atoms with Gasteiger partial charge in [0.2, 0.25) is 0 Å². The molecule has 3 heteroatoms. The lowest BCUT2D eigenvalue weighted by molar-refractivity contribution is 1.18. The molecule has 0 aliphatic rings. The van der Waals surface area contributed by atoms with Crippen molar-refractivity contribution in [3.63, 3.8) is 0 Å². The zero-order valence-corrected chi connectivity index (χ0v) is 26.6. The number of benzene rings is 8. The molecule has 10 aromatic rings. The first-order valence-electron chi connectivity index (χ1n) is 16.7. The third kappa shape index (κ3) is 4.44. The van der Waals surface area contributed by atoms with Gasteiger partial charge in [0.25, 0.3) is 0 Å². The van der Waals surface area contributed by atoms with Crippen LogP contribution in [0.4, 0.5) is 0 Å². The molecule has 0 bridgehead atoms. The highest BCUT2D eigenvalue weighted by Gasteiger charge is 2.16. The molecule has 0 amide bonds. The third-order valence-corrected chi connectivity index (χ3v) is 9.83. The maximum atomic E-state index is 5.27. The van der Waals surface area contributed by atoms with E-state index >= 15 is 0 Å². The number of aromatic nitrogens is 3. The Morgan fingerprint density at radius 3 is 1.65 bits per heavy atom. The van der Waals surface area contributed by atoms with Crippen molar-refractivity contribution in [3.8, 4) is 39.2 Å². The molecule has 0 atom stereocenters. The number of hydrogen-bond donors (Lipinski definition) is 0. The van der Waals surface area contributed by atoms with Crippen LogP contribution < -0.4 is 0 Å². The molecule has 0 saturated heterocycles. The van der Waals surface area contributed by atoms with Crippen LogP contribution >= 0.6 is 0 Å². The van der Waals surface area contributed by atoms with Gasteiger partial charge in [0.05, 0.1) is 34.0 Å². The molecule has 0 aliphatic carbocycles. The molecular weight excluding hydrogens is 595 g/mol. The van der Waals surface area contributed by atoms with Gasteiger partial charge in [0.15, 0.2) is 0 Å². The Morgan fingerprint density at radius 1 is 0.347 bits per heavy atom. The highest BCUT2D eigenvalue weighted by molar-refractivity contribution is 6.23. The Bertz CT molecular complexity index is 2830. The summed E-state index contributed by atoms with van der Waals surface area (Å²) in [7, 11) is 0. The highest BCUT2D eigenvalue weighted by Crippen LogP contribution is 2.37. The molecule has 228 valence electrons. The molecule has 2 aromatic heterocycles. The monoisotopic (exact) mass is 623 g/mol. The minimum Gasteiger partial charge on any atom is -0.309 e. The van der Waals surface area contributed by atoms with Crippen LogP contribution in [0.1, 0.15) is 0 Å². The van der Waals surface area contributed by atoms with Crippen molar-refractivity contribution in [2.75, 3.05) is 0 Å². The number of rotatable bonds is 4. The normalized spacial score (nSPS) is 11.7. The Labute approximate surface area is 283 Å². The zero-order chi connectivity index (χ0) is 32.3. The van der Waals surface area contributed by atoms with Crippen LogP contribution in [0.5, 0.6) is 0 Å². The maximum absolute atomic E-state index is 5.27. The van der Waals surface area contributed by atoms with Crippen molar-refractivity contribution in [1.82, 2.24) is 14.5 Å². The average Bonchev–Trinajstić information content (AvgIpc) is 3.52. The van der Waals surface area contributed by atoms with Crippen LogP contribution in [0.15, 0.2) is 176 Å². The van der Waals surface area contributed by atoms with Crippen molar-refractivity contribution in [2.45, 2.75) is 0 Å². The number of fused-ring (bicyclic) bond motifs is 9. The predicted molar refractivity (Wildman–Crippen MR) is 205 cm³/mol. The maximum Gasteiger partial charge on any atom is 0.0979 e. The summed E-state index contributed by atoms with van der Waals surface area (Å²) in [6.07, 6.45) is 1.92. The predicted octanol–water partition coefficient (Wildman–Crippen LogP) is 12.0. The van der Waals surface area contributed by atoms with Crippen LogP contribution in [0.3, 0.4) is 0 Å². The van der Waals surface area contributed by atoms with E-state index in [1.165, 1.54) is 54.8 Å². The fourth-order valence-corrected chi connectivity index (χ4v) is 7.48. The third-order valence-electron chi connectivity index (χ3n) is 9.83. The van der Waals surface area contributed by atoms with Crippen molar-refractivity contribution < 1.29 is 0 Å². The van der Waals surface area contributed by atoms with Gasteiger partial charge < -0.3 is 4.57 Å². The molecule has 0 radical (unpaired) electrons. The Kier molecular flexibility index (Phi) is 6.18. The second-order valence-electron chi connectivity index (χ2n) is 12.6. The summed E-state index contributed by atoms with van der Waals surface area (Å²) >= 11 is 0. The summed E-state index contributed by atoms with van der Waals surface area (Å²) in [5.41, 5.74) is 12.0. The SMILES string of the molecule is c1ccc(-c2ccc(-c3ccc4c(c3)c3ccccc3n4-c3cccc(-c4cnc5c6ccccc6c6ccccc6c5n4)c3)cc2)cc1. The molecule has 0 spiro atoms. The fraction of sp³-hybridized carbons (Fsp3) is 0. The molecule has 0 fully saturated rings. The number of hydrogen-bond acceptors (Lipinski definition) is 2. The van der Waals surface area contributed by atoms with Crippen LogP contribution in [0, 0.1) is 0 Å². The molecule has 0 unspecified atom stereocenters. The zero-order valence-electron chi connectivity index (χ0n) is 26.6. The van der Waals surface area contributed by atoms with Crippen LogP contribution in [0.25, 0.3) is 93.6 Å². The van der Waals surface area contributed by atoms with E-state index in [4.69, 9.17) is 9.97 Å². The van der Waals surface area contributed by atoms with Gasteiger partial charge in [-0.3, -0.25) is 4.98 Å². The fourth-order valence-electron chi connectivity index (χ4n) is 7.48. The van der Waals surface area contributed by atoms with Crippen LogP contribution in [-0.4, -0.2) is 14.5 Å². The Balaban J connectivity index is 1.10. The van der Waals surface area contributed by atoms with E-state index in [-0.39, 0.29) is 0 Å². The molecule has 0 saturated carbocycles. The van der Waals surface area contributed by atoms with E-state index in [9.17, 15) is 0 Å². The summed E-state index contributed by atoms with van der Waals surface area (Å²) in [4.78, 5) is 10.3. The van der Waals surface area contributed by atoms with Crippen molar-refractivity contribution in [2.24, 2.45) is 0 Å². The van der Waals surface area contributed by atoms with Crippen LogP contribution in [0.2, 0.25) is 0 Å². The van der Waals surface area contributed by atoms with Crippen molar-refractivity contribution >= 4 is 54.4 Å². The quantitative estimate of drug-likeness (QED) is 0.183. The summed E-state index contributed by atoms with van der Waals surface area (Å²) < 4.78 is 2.37. The van der Waals surface area contributed by atoms with E-state index in [1.54, 1.807) is 0 Å². The lowest BCUT2D eigenvalue weighted by atomic mass is 9.99. The second-order valence-corrected chi connectivity index (χ2v) is 12.6. The first-order chi connectivity index (χ1) is 24.3. The van der Waals surface area contributed by atoms with Crippen molar-refractivity contribution in [3.05, 3.63) is 176 Å². The van der Waals surface area contributed by atoms with Gasteiger partial charge >= 0.3 is 0 Å². The van der Waals surface area contributed by atoms with Gasteiger partial charge in [-0.25, -0.2) is 4.98 Å². The van der Waals surface area contributed by atoms with E-state index in [1.807, 2.05) is 6.20 Å². The van der Waals surface area contributed by atoms with E-state index in [2.05, 4.69) is 174 Å². The van der Waals surface area contributed by atoms with Gasteiger partial charge in [-0.2, -0.15) is 0 Å². The minimum atomic E-state index is 0.858. The number of para-hydroxylation sites is 1. The summed E-state index contributed by atoms with van der Waals surface area (Å²) in [5, 5.41) is 7.11. The molecule has 10 rings (SSSR count). The van der Waals surface area contributed by atoms with E-state index in [0.717, 1.165) is 38.8 Å². The largest absolute Gasteiger partial charge is 0.309 e. The molecule has 0 aliphatic heterocycles. The smallest absolute Gasteiger partial charge is 0.0979 e. The molecule has 8 aromatic carbocycles. The Morgan fingerprint density at radius 2 is 0.898 bits per heavy atom. The summed E-state index contributed by atoms with van der Waals surface area (Å²) in [5.74, 6) is 0. The Hall–Kier alpha value is -6.58. The standard InChI is InChI=1S/C46H29N3/c1-2-11-30(12-3-1)31-21-23-32(24-22-31)33-25-26-44-41(28-33)38-17-8-9-20-43(38)49(44)35-14-10-13-34(27-35)42-29-47-45-39-18-6-4-15-36(39)37-16-5-7-19-40(37)46(45)48-42/h1-29H. The lowest BCUT2D eigenvalue weighted by Crippen LogP contribution is -1.96. The van der Waals surface area contributed by atoms with Crippen LogP contribution in [-0.2, 0) is 0 Å². The first kappa shape index (κ1) is 27.5. The van der Waals surface area contributed by atoms with Gasteiger partial charge in [0, 0.05) is 32.8 Å². The van der Waals surface area contributed by atoms with Crippen molar-refractivity contribution in [1.29, 1.82) is 0 Å². The van der Waals surface area contributed by atoms with Gasteiger partial charge in [-0.15, -0.1) is 0 Å². The molecule has 49 heavy (non-hydrogen) atoms. The molecular formula is C46H29N3. The van der Waals surface area contributed by atoms with Gasteiger partial charge in [-0.05, 0) is 63.4 Å². The first-order valence-corrected chi connectivity index (χ1v) is 16.7. The summed E-state index contributed by atoms with van der Waals surface area (Å²) in [6, 6.07) is 60.6. The molecule has 3 nitrogen and oxygen atoms in total. The summed E-state index contributed by atoms with van der Waals surface area (Å²) in [6.45, 7) is 0. The number of nitrogens with zero attached hydrogens (tertiary/aromatic N) is 3. The van der Waals surface area contributed by atoms with Gasteiger partial charge in [-0.1, -0.05) is 140 Å². The molecule has 0 N–H and O–H groups in total. The topological polar surface area (TPSA) is 30.7 Å². The highest BCUT2D eigenvalue weighted by atomic mass is 15.0. The van der Waals surface area contributed by atoms with E-state index in [0.29, 0.717) is 0 Å². The lowest BCUT2D eigenvalue weighted by Gasteiger charge is -2.12. The second kappa shape index (κ2) is 11.0. The average molecular weight is 624 g/mol. The molecule has 2 heterocycles. The van der Waals surface area contributed by atoms with E-state index < -0.39 is 0 Å².